The van der Waals surface area contributed by atoms with Crippen LogP contribution in [0.15, 0.2) is 47.4 Å². The molecule has 0 bridgehead atoms. The van der Waals surface area contributed by atoms with Crippen LogP contribution >= 0.6 is 0 Å². The number of rotatable bonds is 9. The van der Waals surface area contributed by atoms with Crippen LogP contribution in [0.1, 0.15) is 58.5 Å². The van der Waals surface area contributed by atoms with Gasteiger partial charge in [0.15, 0.2) is 0 Å². The number of hydrogen-bond donors (Lipinski definition) is 1. The van der Waals surface area contributed by atoms with Crippen molar-refractivity contribution >= 4 is 21.8 Å². The van der Waals surface area contributed by atoms with Crippen LogP contribution in [0.3, 0.4) is 0 Å². The van der Waals surface area contributed by atoms with Gasteiger partial charge in [-0.25, -0.2) is 8.42 Å². The second-order valence-corrected chi connectivity index (χ2v) is 10.1. The molecule has 2 amide bonds. The SMILES string of the molecule is CCN(CC)S(=O)(=O)c1ccc(C)c(C(=O)N(C)Cc2ccc(C(=O)NC3CC3)cc2)c1. The Morgan fingerprint density at radius 1 is 1.03 bits per heavy atom. The average molecular weight is 458 g/mol. The lowest BCUT2D eigenvalue weighted by Gasteiger charge is -2.21. The van der Waals surface area contributed by atoms with Crippen molar-refractivity contribution in [3.8, 4) is 0 Å². The maximum atomic E-state index is 13.1. The summed E-state index contributed by atoms with van der Waals surface area (Å²) in [5, 5.41) is 2.95. The zero-order valence-electron chi connectivity index (χ0n) is 19.1. The Morgan fingerprint density at radius 3 is 2.22 bits per heavy atom. The maximum absolute atomic E-state index is 13.1. The zero-order valence-corrected chi connectivity index (χ0v) is 19.9. The monoisotopic (exact) mass is 457 g/mol. The first-order chi connectivity index (χ1) is 15.2. The summed E-state index contributed by atoms with van der Waals surface area (Å²) < 4.78 is 27.1. The molecule has 1 saturated carbocycles. The van der Waals surface area contributed by atoms with E-state index >= 15 is 0 Å². The smallest absolute Gasteiger partial charge is 0.254 e. The highest BCUT2D eigenvalue weighted by Gasteiger charge is 2.25. The van der Waals surface area contributed by atoms with E-state index in [1.54, 1.807) is 57.0 Å². The van der Waals surface area contributed by atoms with E-state index in [1.165, 1.54) is 10.4 Å². The van der Waals surface area contributed by atoms with Gasteiger partial charge in [0, 0.05) is 43.9 Å². The van der Waals surface area contributed by atoms with Gasteiger partial charge in [0.2, 0.25) is 10.0 Å². The van der Waals surface area contributed by atoms with Crippen molar-refractivity contribution in [3.05, 3.63) is 64.7 Å². The minimum atomic E-state index is -3.65. The van der Waals surface area contributed by atoms with Crippen molar-refractivity contribution in [2.45, 2.75) is 51.1 Å². The Balaban J connectivity index is 1.74. The predicted molar refractivity (Wildman–Crippen MR) is 124 cm³/mol. The number of nitrogens with zero attached hydrogens (tertiary/aromatic N) is 2. The van der Waals surface area contributed by atoms with Crippen molar-refractivity contribution in [3.63, 3.8) is 0 Å². The molecule has 0 aliphatic heterocycles. The quantitative estimate of drug-likeness (QED) is 0.627. The maximum Gasteiger partial charge on any atom is 0.254 e. The number of nitrogens with one attached hydrogen (secondary N) is 1. The van der Waals surface area contributed by atoms with E-state index in [0.29, 0.717) is 42.4 Å². The molecule has 7 nitrogen and oxygen atoms in total. The molecule has 3 rings (SSSR count). The molecule has 0 heterocycles. The molecule has 1 fully saturated rings. The molecule has 1 aliphatic carbocycles. The minimum absolute atomic E-state index is 0.0784. The van der Waals surface area contributed by atoms with E-state index in [4.69, 9.17) is 0 Å². The van der Waals surface area contributed by atoms with Gasteiger partial charge in [-0.3, -0.25) is 9.59 Å². The lowest BCUT2D eigenvalue weighted by molar-refractivity contribution is 0.0783. The molecule has 2 aromatic rings. The lowest BCUT2D eigenvalue weighted by Crippen LogP contribution is -2.31. The first-order valence-electron chi connectivity index (χ1n) is 10.9. The highest BCUT2D eigenvalue weighted by molar-refractivity contribution is 7.89. The van der Waals surface area contributed by atoms with Crippen LogP contribution in [-0.2, 0) is 16.6 Å². The summed E-state index contributed by atoms with van der Waals surface area (Å²) in [5.74, 6) is -0.333. The number of aryl methyl sites for hydroxylation is 1. The average Bonchev–Trinajstić information content (AvgIpc) is 3.58. The summed E-state index contributed by atoms with van der Waals surface area (Å²) in [6, 6.07) is 12.2. The van der Waals surface area contributed by atoms with Gasteiger partial charge in [0.1, 0.15) is 0 Å². The standard InChI is InChI=1S/C24H31N3O4S/c1-5-27(6-2)32(30,31)21-14-7-17(3)22(15-21)24(29)26(4)16-18-8-10-19(11-9-18)23(28)25-20-12-13-20/h7-11,14-15,20H,5-6,12-13,16H2,1-4H3,(H,25,28). The molecule has 1 N–H and O–H groups in total. The molecule has 0 unspecified atom stereocenters. The number of carbonyl (C=O) groups excluding carboxylic acids is 2. The van der Waals surface area contributed by atoms with E-state index in [-0.39, 0.29) is 16.7 Å². The zero-order chi connectivity index (χ0) is 23.5. The predicted octanol–water partition coefficient (Wildman–Crippen LogP) is 3.19. The van der Waals surface area contributed by atoms with Crippen molar-refractivity contribution in [2.24, 2.45) is 0 Å². The van der Waals surface area contributed by atoms with Gasteiger partial charge in [0.25, 0.3) is 11.8 Å². The van der Waals surface area contributed by atoms with E-state index in [9.17, 15) is 18.0 Å². The van der Waals surface area contributed by atoms with Crippen LogP contribution < -0.4 is 5.32 Å². The third-order valence-electron chi connectivity index (χ3n) is 5.68. The van der Waals surface area contributed by atoms with Crippen molar-refractivity contribution in [2.75, 3.05) is 20.1 Å². The van der Waals surface area contributed by atoms with Crippen LogP contribution in [0.2, 0.25) is 0 Å². The molecule has 0 spiro atoms. The van der Waals surface area contributed by atoms with Crippen molar-refractivity contribution in [1.29, 1.82) is 0 Å². The van der Waals surface area contributed by atoms with Gasteiger partial charge in [-0.1, -0.05) is 32.0 Å². The summed E-state index contributed by atoms with van der Waals surface area (Å²) in [5.41, 5.74) is 2.56. The number of hydrogen-bond acceptors (Lipinski definition) is 4. The third-order valence-corrected chi connectivity index (χ3v) is 7.72. The largest absolute Gasteiger partial charge is 0.349 e. The van der Waals surface area contributed by atoms with Gasteiger partial charge in [0.05, 0.1) is 4.90 Å². The molecule has 0 atom stereocenters. The van der Waals surface area contributed by atoms with E-state index < -0.39 is 10.0 Å². The minimum Gasteiger partial charge on any atom is -0.349 e. The first kappa shape index (κ1) is 23.9. The molecule has 0 saturated heterocycles. The second kappa shape index (κ2) is 9.83. The summed E-state index contributed by atoms with van der Waals surface area (Å²) in [6.45, 7) is 6.44. The Kier molecular flexibility index (Phi) is 7.36. The van der Waals surface area contributed by atoms with Gasteiger partial charge >= 0.3 is 0 Å². The molecule has 172 valence electrons. The molecular formula is C24H31N3O4S. The fourth-order valence-corrected chi connectivity index (χ4v) is 5.00. The lowest BCUT2D eigenvalue weighted by atomic mass is 10.1. The van der Waals surface area contributed by atoms with Gasteiger partial charge in [-0.15, -0.1) is 0 Å². The third kappa shape index (κ3) is 5.37. The summed E-state index contributed by atoms with van der Waals surface area (Å²) >= 11 is 0. The first-order valence-corrected chi connectivity index (χ1v) is 12.4. The van der Waals surface area contributed by atoms with Gasteiger partial charge in [-0.05, 0) is 55.2 Å². The number of amides is 2. The van der Waals surface area contributed by atoms with E-state index in [1.807, 2.05) is 12.1 Å². The second-order valence-electron chi connectivity index (χ2n) is 8.17. The Labute approximate surface area is 190 Å². The summed E-state index contributed by atoms with van der Waals surface area (Å²) in [7, 11) is -1.97. The van der Waals surface area contributed by atoms with E-state index in [2.05, 4.69) is 5.32 Å². The van der Waals surface area contributed by atoms with Gasteiger partial charge < -0.3 is 10.2 Å². The topological polar surface area (TPSA) is 86.8 Å². The van der Waals surface area contributed by atoms with Crippen molar-refractivity contribution < 1.29 is 18.0 Å². The highest BCUT2D eigenvalue weighted by Crippen LogP contribution is 2.22. The van der Waals surface area contributed by atoms with Crippen LogP contribution in [0.5, 0.6) is 0 Å². The number of benzene rings is 2. The molecule has 32 heavy (non-hydrogen) atoms. The number of sulfonamides is 1. The summed E-state index contributed by atoms with van der Waals surface area (Å²) in [4.78, 5) is 26.9. The molecular weight excluding hydrogens is 426 g/mol. The molecule has 2 aromatic carbocycles. The highest BCUT2D eigenvalue weighted by atomic mass is 32.2. The fourth-order valence-electron chi connectivity index (χ4n) is 3.51. The van der Waals surface area contributed by atoms with Crippen LogP contribution in [0.4, 0.5) is 0 Å². The van der Waals surface area contributed by atoms with E-state index in [0.717, 1.165) is 18.4 Å². The molecule has 1 aliphatic rings. The summed E-state index contributed by atoms with van der Waals surface area (Å²) in [6.07, 6.45) is 2.07. The number of carbonyl (C=O) groups is 2. The molecule has 8 heteroatoms. The van der Waals surface area contributed by atoms with Crippen LogP contribution in [0.25, 0.3) is 0 Å². The Hall–Kier alpha value is -2.71. The fraction of sp³-hybridized carbons (Fsp3) is 0.417. The van der Waals surface area contributed by atoms with Crippen molar-refractivity contribution in [1.82, 2.24) is 14.5 Å². The van der Waals surface area contributed by atoms with Crippen LogP contribution in [0, 0.1) is 6.92 Å². The van der Waals surface area contributed by atoms with Crippen LogP contribution in [-0.4, -0.2) is 55.6 Å². The Bertz CT molecular complexity index is 1090. The van der Waals surface area contributed by atoms with Gasteiger partial charge in [-0.2, -0.15) is 4.31 Å². The molecule has 0 aromatic heterocycles. The Morgan fingerprint density at radius 2 is 1.66 bits per heavy atom. The molecule has 0 radical (unpaired) electrons. The normalized spacial score (nSPS) is 13.8.